The van der Waals surface area contributed by atoms with E-state index < -0.39 is 13.3 Å². The molecule has 46 heavy (non-hydrogen) atoms. The maximum absolute atomic E-state index is 11.7. The average molecular weight is 860 g/mol. The van der Waals surface area contributed by atoms with Gasteiger partial charge in [0, 0.05) is 38.0 Å². The second kappa shape index (κ2) is 16.6. The van der Waals surface area contributed by atoms with E-state index in [1.807, 2.05) is 33.9 Å². The van der Waals surface area contributed by atoms with E-state index in [9.17, 15) is 9.90 Å². The van der Waals surface area contributed by atoms with Gasteiger partial charge in [0.15, 0.2) is 5.78 Å². The molecule has 4 nitrogen and oxygen atoms in total. The monoisotopic (exact) mass is 861 g/mol. The van der Waals surface area contributed by atoms with E-state index in [1.54, 1.807) is 0 Å². The summed E-state index contributed by atoms with van der Waals surface area (Å²) in [6, 6.07) is 18.9. The minimum absolute atomic E-state index is 0. The van der Waals surface area contributed by atoms with Crippen molar-refractivity contribution in [1.82, 2.24) is 4.98 Å². The van der Waals surface area contributed by atoms with Crippen molar-refractivity contribution >= 4 is 45.0 Å². The number of aliphatic hydroxyl groups excluding tert-OH is 1. The van der Waals surface area contributed by atoms with Gasteiger partial charge in [-0.3, -0.25) is 4.79 Å². The number of aromatic nitrogens is 1. The van der Waals surface area contributed by atoms with Gasteiger partial charge in [0.2, 0.25) is 0 Å². The van der Waals surface area contributed by atoms with Gasteiger partial charge in [-0.25, -0.2) is 0 Å². The van der Waals surface area contributed by atoms with Gasteiger partial charge in [-0.1, -0.05) is 27.7 Å². The first kappa shape index (κ1) is 38.0. The number of carbonyl (C=O) groups excluding carboxylic acids is 1. The molecule has 0 bridgehead atoms. The Bertz CT molecular complexity index is 1680. The van der Waals surface area contributed by atoms with E-state index in [-0.39, 0.29) is 43.5 Å². The third-order valence-corrected chi connectivity index (χ3v) is 13.8. The minimum atomic E-state index is -2.16. The van der Waals surface area contributed by atoms with Crippen molar-refractivity contribution in [3.8, 4) is 22.8 Å². The summed E-state index contributed by atoms with van der Waals surface area (Å²) >= 11 is -2.16. The molecule has 1 radical (unpaired) electrons. The molecule has 4 aromatic rings. The van der Waals surface area contributed by atoms with Crippen LogP contribution in [0.15, 0.2) is 60.5 Å². The molecule has 1 aliphatic rings. The maximum Gasteiger partial charge on any atom is 0 e. The van der Waals surface area contributed by atoms with Gasteiger partial charge in [0.05, 0.1) is 5.76 Å². The summed E-state index contributed by atoms with van der Waals surface area (Å²) in [6.45, 7) is 12.6. The van der Waals surface area contributed by atoms with Gasteiger partial charge < -0.3 is 5.11 Å². The Hall–Kier alpha value is -2.47. The van der Waals surface area contributed by atoms with Crippen molar-refractivity contribution in [3.05, 3.63) is 72.1 Å². The standard InChI is InChI=1S/C27H28GeNO.C13H24O2.Ir/c1-6-17(7-2)23-20-11-9-8-10-19(20)16-21-25-24-18(14-15-29-25)12-13-22(28(3,4)5)27(24)30-26(21)23;1-5-10(6-2)12(14)9-13(15)11(7-3)8-4;/h8-15,17H,6-7H2,1-5H3;9-11,14H,5-8H2,1-4H3;/q-1;;/b;12-9-;. The Morgan fingerprint density at radius 3 is 2.09 bits per heavy atom. The molecule has 0 fully saturated rings. The molecule has 1 aromatic heterocycles. The van der Waals surface area contributed by atoms with E-state index in [0.29, 0.717) is 5.92 Å². The van der Waals surface area contributed by atoms with Crippen molar-refractivity contribution in [1.29, 1.82) is 0 Å². The molecule has 0 spiro atoms. The zero-order chi connectivity index (χ0) is 32.9. The second-order valence-corrected chi connectivity index (χ2v) is 23.9. The first-order valence-electron chi connectivity index (χ1n) is 17.1. The number of allylic oxidation sites excluding steroid dienone is 2. The van der Waals surface area contributed by atoms with Gasteiger partial charge in [0.1, 0.15) is 0 Å². The Labute approximate surface area is 293 Å². The quantitative estimate of drug-likeness (QED) is 0.0622. The number of benzene rings is 3. The smallest absolute Gasteiger partial charge is 0 e. The predicted octanol–water partition coefficient (Wildman–Crippen LogP) is 11.3. The fraction of sp³-hybridized carbons (Fsp3) is 0.450. The van der Waals surface area contributed by atoms with Crippen LogP contribution >= 0.6 is 0 Å². The molecule has 0 saturated heterocycles. The summed E-state index contributed by atoms with van der Waals surface area (Å²) in [4.78, 5) is 16.6. The number of hydrogen-bond donors (Lipinski definition) is 1. The van der Waals surface area contributed by atoms with E-state index in [4.69, 9.17) is 9.72 Å². The summed E-state index contributed by atoms with van der Waals surface area (Å²) in [7, 11) is 0. The number of nitrogens with zero attached hydrogens (tertiary/aromatic N) is 1. The molecule has 0 amide bonds. The van der Waals surface area contributed by atoms with Crippen LogP contribution in [0.5, 0.6) is 11.5 Å². The fourth-order valence-corrected chi connectivity index (χ4v) is 9.68. The SMILES string of the molecule is CCC(CC)C(=O)/C=C(\O)C(CC)CC.CCC(CC)c1c2c([c-]c3ccccc13)-c1nccc3cc[c]([Ge]([CH3])([CH3])[CH3])c(c13)O2.[Ir]. The van der Waals surface area contributed by atoms with E-state index in [2.05, 4.69) is 79.6 Å². The molecule has 0 aliphatic carbocycles. The topological polar surface area (TPSA) is 59.4 Å². The van der Waals surface area contributed by atoms with Gasteiger partial charge in [0.25, 0.3) is 0 Å². The normalized spacial score (nSPS) is 12.6. The summed E-state index contributed by atoms with van der Waals surface area (Å²) in [5.41, 5.74) is 3.37. The number of rotatable bonds is 11. The number of fused-ring (bicyclic) bond motifs is 3. The second-order valence-electron chi connectivity index (χ2n) is 13.4. The van der Waals surface area contributed by atoms with Gasteiger partial charge in [-0.15, -0.1) is 0 Å². The van der Waals surface area contributed by atoms with E-state index >= 15 is 0 Å². The molecule has 1 N–H and O–H groups in total. The third-order valence-electron chi connectivity index (χ3n) is 9.56. The van der Waals surface area contributed by atoms with Crippen LogP contribution in [0.2, 0.25) is 17.3 Å². The van der Waals surface area contributed by atoms with Crippen LogP contribution < -0.4 is 9.13 Å². The zero-order valence-electron chi connectivity index (χ0n) is 29.2. The number of pyridine rings is 1. The zero-order valence-corrected chi connectivity index (χ0v) is 33.7. The molecule has 0 unspecified atom stereocenters. The van der Waals surface area contributed by atoms with Crippen molar-refractivity contribution in [2.45, 2.75) is 103 Å². The van der Waals surface area contributed by atoms with Gasteiger partial charge in [-0.2, -0.15) is 0 Å². The van der Waals surface area contributed by atoms with Crippen molar-refractivity contribution < 1.29 is 34.7 Å². The fourth-order valence-electron chi connectivity index (χ4n) is 6.66. The van der Waals surface area contributed by atoms with Crippen molar-refractivity contribution in [2.75, 3.05) is 0 Å². The molecule has 0 saturated carbocycles. The third kappa shape index (κ3) is 7.80. The molecule has 6 heteroatoms. The van der Waals surface area contributed by atoms with Crippen molar-refractivity contribution in [3.63, 3.8) is 0 Å². The van der Waals surface area contributed by atoms with Crippen LogP contribution in [0.3, 0.4) is 0 Å². The molecule has 1 aliphatic heterocycles. The average Bonchev–Trinajstić information content (AvgIpc) is 3.02. The number of ether oxygens (including phenoxy) is 1. The Morgan fingerprint density at radius 2 is 1.50 bits per heavy atom. The van der Waals surface area contributed by atoms with Crippen LogP contribution in [0.25, 0.3) is 32.8 Å². The Morgan fingerprint density at radius 1 is 0.870 bits per heavy atom. The van der Waals surface area contributed by atoms with Crippen LogP contribution in [-0.2, 0) is 24.9 Å². The molecular formula is C40H52GeIrNO3-. The Kier molecular flexibility index (Phi) is 13.7. The molecular weight excluding hydrogens is 807 g/mol. The Balaban J connectivity index is 0.000000309. The number of aliphatic hydroxyl groups is 1. The van der Waals surface area contributed by atoms with E-state index in [1.165, 1.54) is 26.8 Å². The first-order chi connectivity index (χ1) is 21.5. The number of ketones is 1. The summed E-state index contributed by atoms with van der Waals surface area (Å²) in [5.74, 6) is 10.3. The van der Waals surface area contributed by atoms with Crippen LogP contribution in [0.1, 0.15) is 91.5 Å². The number of hydrogen-bond acceptors (Lipinski definition) is 4. The molecule has 5 rings (SSSR count). The predicted molar refractivity (Wildman–Crippen MR) is 194 cm³/mol. The first-order valence-corrected chi connectivity index (χ1v) is 24.4. The van der Waals surface area contributed by atoms with Crippen LogP contribution in [0, 0.1) is 17.9 Å². The van der Waals surface area contributed by atoms with Gasteiger partial charge >= 0.3 is 182 Å². The number of carbonyl (C=O) groups is 1. The summed E-state index contributed by atoms with van der Waals surface area (Å²) < 4.78 is 8.32. The van der Waals surface area contributed by atoms with Crippen LogP contribution in [-0.4, -0.2) is 29.1 Å². The van der Waals surface area contributed by atoms with Crippen LogP contribution in [0.4, 0.5) is 0 Å². The minimum Gasteiger partial charge on any atom is 0 e. The molecule has 249 valence electrons. The molecule has 3 aromatic carbocycles. The summed E-state index contributed by atoms with van der Waals surface area (Å²) in [6.07, 6.45) is 9.01. The maximum atomic E-state index is 11.7. The van der Waals surface area contributed by atoms with Crippen molar-refractivity contribution in [2.24, 2.45) is 11.8 Å². The largest absolute Gasteiger partial charge is 0 e. The molecule has 0 atom stereocenters. The van der Waals surface area contributed by atoms with E-state index in [0.717, 1.165) is 72.1 Å². The summed E-state index contributed by atoms with van der Waals surface area (Å²) in [5, 5.41) is 14.5. The molecule has 2 heterocycles. The van der Waals surface area contributed by atoms with Gasteiger partial charge in [-0.05, 0) is 25.7 Å².